The highest BCUT2D eigenvalue weighted by Crippen LogP contribution is 2.32. The molecule has 2 aliphatic rings. The molecule has 4 nitrogen and oxygen atoms in total. The summed E-state index contributed by atoms with van der Waals surface area (Å²) in [6.45, 7) is 5.67. The molecule has 1 saturated heterocycles. The van der Waals surface area contributed by atoms with Crippen LogP contribution in [0.1, 0.15) is 18.7 Å². The van der Waals surface area contributed by atoms with Crippen LogP contribution < -0.4 is 0 Å². The van der Waals surface area contributed by atoms with E-state index in [-0.39, 0.29) is 18.1 Å². The van der Waals surface area contributed by atoms with E-state index in [0.717, 1.165) is 23.1 Å². The van der Waals surface area contributed by atoms with Crippen molar-refractivity contribution in [3.63, 3.8) is 0 Å². The highest BCUT2D eigenvalue weighted by molar-refractivity contribution is 8.18. The van der Waals surface area contributed by atoms with E-state index in [1.54, 1.807) is 11.3 Å². The van der Waals surface area contributed by atoms with Gasteiger partial charge in [-0.2, -0.15) is 4.99 Å². The van der Waals surface area contributed by atoms with E-state index < -0.39 is 0 Å². The van der Waals surface area contributed by atoms with Crippen molar-refractivity contribution >= 4 is 40.2 Å². The van der Waals surface area contributed by atoms with Crippen LogP contribution in [-0.2, 0) is 9.53 Å². The van der Waals surface area contributed by atoms with Crippen LogP contribution in [0, 0.1) is 0 Å². The average Bonchev–Trinajstić information content (AvgIpc) is 3.00. The number of thioether (sulfide) groups is 1. The molecule has 3 heterocycles. The van der Waals surface area contributed by atoms with Crippen molar-refractivity contribution in [1.29, 1.82) is 0 Å². The summed E-state index contributed by atoms with van der Waals surface area (Å²) in [6.07, 6.45) is 2.26. The van der Waals surface area contributed by atoms with Crippen LogP contribution in [0.15, 0.2) is 27.4 Å². The van der Waals surface area contributed by atoms with Gasteiger partial charge in [-0.05, 0) is 43.1 Å². The second kappa shape index (κ2) is 5.71. The van der Waals surface area contributed by atoms with Crippen molar-refractivity contribution in [2.24, 2.45) is 4.99 Å². The number of morpholine rings is 1. The molecule has 0 radical (unpaired) electrons. The highest BCUT2D eigenvalue weighted by atomic mass is 32.2. The molecule has 1 fully saturated rings. The molecule has 2 atom stereocenters. The summed E-state index contributed by atoms with van der Waals surface area (Å²) in [6, 6.07) is 3.98. The monoisotopic (exact) mass is 308 g/mol. The van der Waals surface area contributed by atoms with Gasteiger partial charge < -0.3 is 9.64 Å². The van der Waals surface area contributed by atoms with E-state index in [1.165, 1.54) is 11.8 Å². The lowest BCUT2D eigenvalue weighted by Crippen LogP contribution is -2.47. The highest BCUT2D eigenvalue weighted by Gasteiger charge is 2.30. The molecule has 0 N–H and O–H groups in total. The fourth-order valence-corrected chi connectivity index (χ4v) is 4.02. The molecule has 6 heteroatoms. The van der Waals surface area contributed by atoms with Crippen LogP contribution in [0.3, 0.4) is 0 Å². The third-order valence-corrected chi connectivity index (χ3v) is 4.98. The number of amidine groups is 1. The Hall–Kier alpha value is -1.11. The van der Waals surface area contributed by atoms with Gasteiger partial charge in [0.25, 0.3) is 5.91 Å². The molecule has 0 aliphatic carbocycles. The quantitative estimate of drug-likeness (QED) is 0.748. The number of amides is 1. The molecule has 3 rings (SSSR count). The van der Waals surface area contributed by atoms with Crippen LogP contribution in [0.4, 0.5) is 0 Å². The Morgan fingerprint density at radius 3 is 2.80 bits per heavy atom. The van der Waals surface area contributed by atoms with Gasteiger partial charge in [0.1, 0.15) is 0 Å². The van der Waals surface area contributed by atoms with Gasteiger partial charge in [-0.15, -0.1) is 11.3 Å². The maximum absolute atomic E-state index is 12.0. The molecule has 1 aromatic rings. The van der Waals surface area contributed by atoms with Crippen molar-refractivity contribution in [3.8, 4) is 0 Å². The lowest BCUT2D eigenvalue weighted by molar-refractivity contribution is -0.113. The van der Waals surface area contributed by atoms with E-state index in [2.05, 4.69) is 9.89 Å². The number of carbonyl (C=O) groups is 1. The van der Waals surface area contributed by atoms with Crippen molar-refractivity contribution in [3.05, 3.63) is 27.3 Å². The van der Waals surface area contributed by atoms with E-state index >= 15 is 0 Å². The number of aliphatic imine (C=N–C) groups is 1. The standard InChI is InChI=1S/C14H16N2O2S2/c1-9-7-16(8-10(2)18-9)14-15-13(17)12(20-14)6-11-4-3-5-19-11/h3-6,9-10H,7-8H2,1-2H3/b12-6-. The fraction of sp³-hybridized carbons (Fsp3) is 0.429. The summed E-state index contributed by atoms with van der Waals surface area (Å²) in [5, 5.41) is 2.81. The maximum Gasteiger partial charge on any atom is 0.286 e. The van der Waals surface area contributed by atoms with Crippen molar-refractivity contribution in [2.45, 2.75) is 26.1 Å². The molecule has 1 amide bonds. The Morgan fingerprint density at radius 2 is 2.15 bits per heavy atom. The topological polar surface area (TPSA) is 41.9 Å². The number of hydrogen-bond donors (Lipinski definition) is 0. The van der Waals surface area contributed by atoms with Crippen molar-refractivity contribution < 1.29 is 9.53 Å². The summed E-state index contributed by atoms with van der Waals surface area (Å²) in [4.78, 5) is 20.1. The van der Waals surface area contributed by atoms with Gasteiger partial charge in [0.2, 0.25) is 0 Å². The minimum atomic E-state index is -0.134. The first-order valence-corrected chi connectivity index (χ1v) is 8.28. The molecule has 1 aromatic heterocycles. The molecular weight excluding hydrogens is 292 g/mol. The number of nitrogens with zero attached hydrogens (tertiary/aromatic N) is 2. The third kappa shape index (κ3) is 2.97. The predicted molar refractivity (Wildman–Crippen MR) is 83.9 cm³/mol. The first kappa shape index (κ1) is 13.9. The molecule has 106 valence electrons. The second-order valence-corrected chi connectivity index (χ2v) is 6.98. The lowest BCUT2D eigenvalue weighted by Gasteiger charge is -2.35. The number of carbonyl (C=O) groups excluding carboxylic acids is 1. The summed E-state index contributed by atoms with van der Waals surface area (Å²) in [5.41, 5.74) is 0. The van der Waals surface area contributed by atoms with Crippen LogP contribution in [0.2, 0.25) is 0 Å². The van der Waals surface area contributed by atoms with Gasteiger partial charge in [-0.3, -0.25) is 4.79 Å². The van der Waals surface area contributed by atoms with Gasteiger partial charge in [0.05, 0.1) is 17.1 Å². The lowest BCUT2D eigenvalue weighted by atomic mass is 10.2. The Labute approximate surface area is 126 Å². The molecule has 0 aromatic carbocycles. The van der Waals surface area contributed by atoms with Gasteiger partial charge in [-0.25, -0.2) is 0 Å². The fourth-order valence-electron chi connectivity index (χ4n) is 2.37. The third-order valence-electron chi connectivity index (χ3n) is 3.12. The minimum Gasteiger partial charge on any atom is -0.372 e. The normalized spacial score (nSPS) is 29.1. The molecule has 0 saturated carbocycles. The largest absolute Gasteiger partial charge is 0.372 e. The number of thiophene rings is 1. The summed E-state index contributed by atoms with van der Waals surface area (Å²) in [7, 11) is 0. The zero-order chi connectivity index (χ0) is 14.1. The van der Waals surface area contributed by atoms with E-state index in [1.807, 2.05) is 37.4 Å². The van der Waals surface area contributed by atoms with Crippen LogP contribution in [-0.4, -0.2) is 41.3 Å². The van der Waals surface area contributed by atoms with Gasteiger partial charge >= 0.3 is 0 Å². The maximum atomic E-state index is 12.0. The Bertz CT molecular complexity index is 556. The van der Waals surface area contributed by atoms with Gasteiger partial charge in [-0.1, -0.05) is 6.07 Å². The van der Waals surface area contributed by atoms with Gasteiger partial charge in [0, 0.05) is 18.0 Å². The first-order chi connectivity index (χ1) is 9.61. The SMILES string of the molecule is CC1CN(C2=NC(=O)/C(=C/c3cccs3)S2)CC(C)O1. The molecule has 2 aliphatic heterocycles. The van der Waals surface area contributed by atoms with Crippen molar-refractivity contribution in [1.82, 2.24) is 4.90 Å². The zero-order valence-corrected chi connectivity index (χ0v) is 13.0. The van der Waals surface area contributed by atoms with Gasteiger partial charge in [0.15, 0.2) is 5.17 Å². The van der Waals surface area contributed by atoms with E-state index in [0.29, 0.717) is 4.91 Å². The number of hydrogen-bond acceptors (Lipinski definition) is 5. The number of rotatable bonds is 1. The first-order valence-electron chi connectivity index (χ1n) is 6.58. The summed E-state index contributed by atoms with van der Waals surface area (Å²) < 4.78 is 5.71. The van der Waals surface area contributed by atoms with Crippen LogP contribution in [0.5, 0.6) is 0 Å². The number of ether oxygens (including phenoxy) is 1. The van der Waals surface area contributed by atoms with Crippen LogP contribution >= 0.6 is 23.1 Å². The van der Waals surface area contributed by atoms with E-state index in [9.17, 15) is 4.79 Å². The molecule has 2 unspecified atom stereocenters. The molecule has 20 heavy (non-hydrogen) atoms. The predicted octanol–water partition coefficient (Wildman–Crippen LogP) is 2.83. The average molecular weight is 308 g/mol. The molecule has 0 bridgehead atoms. The molecular formula is C14H16N2O2S2. The second-order valence-electron chi connectivity index (χ2n) is 4.99. The summed E-state index contributed by atoms with van der Waals surface area (Å²) >= 11 is 3.09. The van der Waals surface area contributed by atoms with Crippen LogP contribution in [0.25, 0.3) is 6.08 Å². The minimum absolute atomic E-state index is 0.134. The smallest absolute Gasteiger partial charge is 0.286 e. The van der Waals surface area contributed by atoms with E-state index in [4.69, 9.17) is 4.74 Å². The van der Waals surface area contributed by atoms with Crippen molar-refractivity contribution in [2.75, 3.05) is 13.1 Å². The summed E-state index contributed by atoms with van der Waals surface area (Å²) in [5.74, 6) is -0.134. The molecule has 0 spiro atoms. The Kier molecular flexibility index (Phi) is 3.96. The Morgan fingerprint density at radius 1 is 1.40 bits per heavy atom. The zero-order valence-electron chi connectivity index (χ0n) is 11.4. The Balaban J connectivity index is 1.74.